The summed E-state index contributed by atoms with van der Waals surface area (Å²) < 4.78 is 0. The maximum absolute atomic E-state index is 12.0. The van der Waals surface area contributed by atoms with Crippen molar-refractivity contribution in [3.8, 4) is 0 Å². The molecule has 0 aromatic carbocycles. The molecule has 0 bridgehead atoms. The van der Waals surface area contributed by atoms with Crippen LogP contribution < -0.4 is 10.9 Å². The third-order valence-electron chi connectivity index (χ3n) is 3.66. The molecule has 1 aliphatic carbocycles. The van der Waals surface area contributed by atoms with Crippen LogP contribution in [0.3, 0.4) is 0 Å². The minimum absolute atomic E-state index is 0.365. The Balaban J connectivity index is 1.92. The number of aliphatic carboxylic acids is 1. The summed E-state index contributed by atoms with van der Waals surface area (Å²) in [7, 11) is 0. The van der Waals surface area contributed by atoms with Crippen molar-refractivity contribution in [2.24, 2.45) is 11.8 Å². The van der Waals surface area contributed by atoms with Gasteiger partial charge in [-0.3, -0.25) is 30.2 Å². The number of nitrogens with one attached hydrogen (secondary N) is 2. The van der Waals surface area contributed by atoms with Gasteiger partial charge < -0.3 is 5.11 Å². The molecule has 1 heterocycles. The van der Waals surface area contributed by atoms with Crippen molar-refractivity contribution in [3.63, 3.8) is 0 Å². The van der Waals surface area contributed by atoms with Crippen molar-refractivity contribution in [2.75, 3.05) is 0 Å². The van der Waals surface area contributed by atoms with Gasteiger partial charge in [0.1, 0.15) is 0 Å². The van der Waals surface area contributed by atoms with E-state index < -0.39 is 29.6 Å². The van der Waals surface area contributed by atoms with Crippen LogP contribution in [-0.4, -0.2) is 27.9 Å². The summed E-state index contributed by atoms with van der Waals surface area (Å²) in [6, 6.07) is 3.03. The van der Waals surface area contributed by atoms with E-state index in [4.69, 9.17) is 5.11 Å². The lowest BCUT2D eigenvalue weighted by molar-refractivity contribution is -0.149. The average Bonchev–Trinajstić information content (AvgIpc) is 2.53. The molecule has 2 amide bonds. The normalized spacial score (nSPS) is 21.3. The zero-order valence-electron chi connectivity index (χ0n) is 11.4. The van der Waals surface area contributed by atoms with E-state index in [1.807, 2.05) is 0 Å². The quantitative estimate of drug-likeness (QED) is 0.712. The SMILES string of the molecule is O=C(NNC(=O)[C@@H]1CCCC[C@H]1C(=O)O)c1ccncc1. The number of carboxylic acids is 1. The summed E-state index contributed by atoms with van der Waals surface area (Å²) in [5.41, 5.74) is 4.97. The molecule has 1 aliphatic rings. The number of carboxylic acid groups (broad SMARTS) is 1. The maximum atomic E-state index is 12.0. The van der Waals surface area contributed by atoms with Crippen LogP contribution in [0.4, 0.5) is 0 Å². The fourth-order valence-corrected chi connectivity index (χ4v) is 2.53. The first-order valence-electron chi connectivity index (χ1n) is 6.82. The lowest BCUT2D eigenvalue weighted by Gasteiger charge is -2.27. The molecule has 1 saturated carbocycles. The monoisotopic (exact) mass is 291 g/mol. The second-order valence-corrected chi connectivity index (χ2v) is 5.01. The molecule has 2 rings (SSSR count). The van der Waals surface area contributed by atoms with Crippen molar-refractivity contribution < 1.29 is 19.5 Å². The molecule has 1 aromatic rings. The van der Waals surface area contributed by atoms with Crippen molar-refractivity contribution >= 4 is 17.8 Å². The first-order valence-corrected chi connectivity index (χ1v) is 6.82. The predicted octanol–water partition coefficient (Wildman–Crippen LogP) is 0.734. The molecule has 7 heteroatoms. The first kappa shape index (κ1) is 15.0. The summed E-state index contributed by atoms with van der Waals surface area (Å²) in [5.74, 6) is -3.17. The molecule has 0 saturated heterocycles. The fraction of sp³-hybridized carbons (Fsp3) is 0.429. The summed E-state index contributed by atoms with van der Waals surface area (Å²) in [6.07, 6.45) is 5.58. The summed E-state index contributed by atoms with van der Waals surface area (Å²) in [5, 5.41) is 9.14. The summed E-state index contributed by atoms with van der Waals surface area (Å²) >= 11 is 0. The second kappa shape index (κ2) is 6.83. The van der Waals surface area contributed by atoms with Crippen LogP contribution in [0, 0.1) is 11.8 Å². The van der Waals surface area contributed by atoms with Crippen molar-refractivity contribution in [1.82, 2.24) is 15.8 Å². The van der Waals surface area contributed by atoms with Crippen LogP contribution in [0.5, 0.6) is 0 Å². The van der Waals surface area contributed by atoms with E-state index in [0.717, 1.165) is 12.8 Å². The largest absolute Gasteiger partial charge is 0.481 e. The number of pyridine rings is 1. The number of amides is 2. The average molecular weight is 291 g/mol. The zero-order chi connectivity index (χ0) is 15.2. The lowest BCUT2D eigenvalue weighted by atomic mass is 9.79. The highest BCUT2D eigenvalue weighted by atomic mass is 16.4. The van der Waals surface area contributed by atoms with Gasteiger partial charge in [0, 0.05) is 18.0 Å². The minimum Gasteiger partial charge on any atom is -0.481 e. The predicted molar refractivity (Wildman–Crippen MR) is 72.9 cm³/mol. The van der Waals surface area contributed by atoms with E-state index in [-0.39, 0.29) is 0 Å². The topological polar surface area (TPSA) is 108 Å². The van der Waals surface area contributed by atoms with E-state index in [2.05, 4.69) is 15.8 Å². The minimum atomic E-state index is -0.963. The van der Waals surface area contributed by atoms with E-state index in [1.165, 1.54) is 24.5 Å². The Morgan fingerprint density at radius 1 is 1.05 bits per heavy atom. The summed E-state index contributed by atoms with van der Waals surface area (Å²) in [4.78, 5) is 38.8. The van der Waals surface area contributed by atoms with Crippen molar-refractivity contribution in [3.05, 3.63) is 30.1 Å². The van der Waals surface area contributed by atoms with E-state index in [1.54, 1.807) is 0 Å². The lowest BCUT2D eigenvalue weighted by Crippen LogP contribution is -2.47. The van der Waals surface area contributed by atoms with E-state index in [9.17, 15) is 14.4 Å². The molecule has 2 atom stereocenters. The molecular weight excluding hydrogens is 274 g/mol. The highest BCUT2D eigenvalue weighted by molar-refractivity contribution is 5.95. The van der Waals surface area contributed by atoms with Gasteiger partial charge in [0.25, 0.3) is 5.91 Å². The smallest absolute Gasteiger partial charge is 0.307 e. The van der Waals surface area contributed by atoms with Gasteiger partial charge in [-0.05, 0) is 25.0 Å². The number of aromatic nitrogens is 1. The molecule has 0 aliphatic heterocycles. The molecular formula is C14H17N3O4. The first-order chi connectivity index (χ1) is 10.1. The van der Waals surface area contributed by atoms with Crippen molar-refractivity contribution in [1.29, 1.82) is 0 Å². The Bertz CT molecular complexity index is 532. The zero-order valence-corrected chi connectivity index (χ0v) is 11.4. The van der Waals surface area contributed by atoms with Crippen LogP contribution in [0.1, 0.15) is 36.0 Å². The highest BCUT2D eigenvalue weighted by Gasteiger charge is 2.35. The number of carbonyl (C=O) groups is 3. The number of carbonyl (C=O) groups excluding carboxylic acids is 2. The van der Waals surface area contributed by atoms with Gasteiger partial charge >= 0.3 is 5.97 Å². The fourth-order valence-electron chi connectivity index (χ4n) is 2.53. The molecule has 21 heavy (non-hydrogen) atoms. The number of hydrazine groups is 1. The second-order valence-electron chi connectivity index (χ2n) is 5.01. The van der Waals surface area contributed by atoms with E-state index in [0.29, 0.717) is 18.4 Å². The number of nitrogens with zero attached hydrogens (tertiary/aromatic N) is 1. The number of rotatable bonds is 3. The number of hydrogen-bond donors (Lipinski definition) is 3. The van der Waals surface area contributed by atoms with Gasteiger partial charge in [-0.2, -0.15) is 0 Å². The van der Waals surface area contributed by atoms with Crippen LogP contribution in [-0.2, 0) is 9.59 Å². The highest BCUT2D eigenvalue weighted by Crippen LogP contribution is 2.30. The molecule has 3 N–H and O–H groups in total. The third kappa shape index (κ3) is 3.77. The molecule has 7 nitrogen and oxygen atoms in total. The Morgan fingerprint density at radius 2 is 1.67 bits per heavy atom. The molecule has 0 radical (unpaired) electrons. The molecule has 1 fully saturated rings. The van der Waals surface area contributed by atoms with Gasteiger partial charge in [-0.15, -0.1) is 0 Å². The van der Waals surface area contributed by atoms with Crippen molar-refractivity contribution in [2.45, 2.75) is 25.7 Å². The van der Waals surface area contributed by atoms with Gasteiger partial charge in [-0.25, -0.2) is 0 Å². The Morgan fingerprint density at radius 3 is 2.29 bits per heavy atom. The molecule has 0 unspecified atom stereocenters. The van der Waals surface area contributed by atoms with Crippen LogP contribution >= 0.6 is 0 Å². The Labute approximate surface area is 121 Å². The molecule has 1 aromatic heterocycles. The standard InChI is InChI=1S/C14H17N3O4/c18-12(9-5-7-15-8-6-9)16-17-13(19)10-3-1-2-4-11(10)14(20)21/h5-8,10-11H,1-4H2,(H,16,18)(H,17,19)(H,20,21)/t10-,11-/m1/s1. The third-order valence-corrected chi connectivity index (χ3v) is 3.66. The van der Waals surface area contributed by atoms with Gasteiger partial charge in [0.2, 0.25) is 5.91 Å². The van der Waals surface area contributed by atoms with Gasteiger partial charge in [0.05, 0.1) is 11.8 Å². The van der Waals surface area contributed by atoms with Crippen LogP contribution in [0.25, 0.3) is 0 Å². The summed E-state index contributed by atoms with van der Waals surface area (Å²) in [6.45, 7) is 0. The number of hydrogen-bond acceptors (Lipinski definition) is 4. The maximum Gasteiger partial charge on any atom is 0.307 e. The molecule has 0 spiro atoms. The van der Waals surface area contributed by atoms with Crippen LogP contribution in [0.2, 0.25) is 0 Å². The van der Waals surface area contributed by atoms with Gasteiger partial charge in [-0.1, -0.05) is 12.8 Å². The Kier molecular flexibility index (Phi) is 4.86. The van der Waals surface area contributed by atoms with Gasteiger partial charge in [0.15, 0.2) is 0 Å². The van der Waals surface area contributed by atoms with Crippen LogP contribution in [0.15, 0.2) is 24.5 Å². The Hall–Kier alpha value is -2.44. The van der Waals surface area contributed by atoms with E-state index >= 15 is 0 Å². The molecule has 112 valence electrons.